The molecule has 1 aromatic rings. The van der Waals surface area contributed by atoms with Crippen molar-refractivity contribution in [3.8, 4) is 0 Å². The van der Waals surface area contributed by atoms with Gasteiger partial charge in [-0.1, -0.05) is 6.42 Å². The summed E-state index contributed by atoms with van der Waals surface area (Å²) in [5.41, 5.74) is 0. The minimum absolute atomic E-state index is 0.0418. The molecule has 0 aliphatic heterocycles. The Labute approximate surface area is 81.6 Å². The van der Waals surface area contributed by atoms with Gasteiger partial charge in [-0.05, 0) is 31.0 Å². The van der Waals surface area contributed by atoms with Crippen molar-refractivity contribution in [1.82, 2.24) is 14.8 Å². The lowest BCUT2D eigenvalue weighted by atomic mass is 9.85. The number of hydrogen-bond acceptors (Lipinski definition) is 3. The Morgan fingerprint density at radius 1 is 1.62 bits per heavy atom. The van der Waals surface area contributed by atoms with Crippen LogP contribution in [0.2, 0.25) is 0 Å². The number of rotatable bonds is 3. The topological polar surface area (TPSA) is 53.8 Å². The van der Waals surface area contributed by atoms with E-state index in [0.717, 1.165) is 12.5 Å². The van der Waals surface area contributed by atoms with Crippen molar-refractivity contribution in [2.24, 2.45) is 5.92 Å². The summed E-state index contributed by atoms with van der Waals surface area (Å²) in [5, 5.41) is 15.6. The van der Waals surface area contributed by atoms with Gasteiger partial charge >= 0.3 is 0 Å². The number of nitrogens with zero attached hydrogens (tertiary/aromatic N) is 2. The molecule has 0 bridgehead atoms. The van der Waals surface area contributed by atoms with E-state index in [2.05, 4.69) is 10.2 Å². The number of aliphatic hydroxyl groups is 1. The Morgan fingerprint density at radius 2 is 2.38 bits per heavy atom. The second kappa shape index (κ2) is 3.59. The first kappa shape index (κ1) is 8.90. The highest BCUT2D eigenvalue weighted by Gasteiger charge is 2.19. The standard InChI is InChI=1S/C8H13N3OS/c12-5-7-9-10-8(13)11(7)4-6-2-1-3-6/h6,12H,1-5H2,(H,10,13). The minimum Gasteiger partial charge on any atom is -0.388 e. The average Bonchev–Trinajstić information content (AvgIpc) is 2.39. The molecule has 0 spiro atoms. The Hall–Kier alpha value is -0.680. The van der Waals surface area contributed by atoms with E-state index in [0.29, 0.717) is 10.6 Å². The lowest BCUT2D eigenvalue weighted by Crippen LogP contribution is -2.19. The van der Waals surface area contributed by atoms with E-state index in [-0.39, 0.29) is 6.61 Å². The fraction of sp³-hybridized carbons (Fsp3) is 0.750. The molecule has 0 saturated heterocycles. The summed E-state index contributed by atoms with van der Waals surface area (Å²) >= 11 is 5.06. The Morgan fingerprint density at radius 3 is 2.92 bits per heavy atom. The molecule has 2 rings (SSSR count). The lowest BCUT2D eigenvalue weighted by Gasteiger charge is -2.25. The van der Waals surface area contributed by atoms with Gasteiger partial charge in [0.2, 0.25) is 0 Å². The first-order valence-electron chi connectivity index (χ1n) is 4.56. The van der Waals surface area contributed by atoms with Crippen molar-refractivity contribution in [1.29, 1.82) is 0 Å². The number of hydrogen-bond donors (Lipinski definition) is 2. The summed E-state index contributed by atoms with van der Waals surface area (Å²) in [6.45, 7) is 0.866. The average molecular weight is 199 g/mol. The largest absolute Gasteiger partial charge is 0.388 e. The molecule has 1 aromatic heterocycles. The van der Waals surface area contributed by atoms with Gasteiger partial charge in [-0.3, -0.25) is 5.10 Å². The van der Waals surface area contributed by atoms with Crippen LogP contribution in [0.3, 0.4) is 0 Å². The molecule has 0 radical (unpaired) electrons. The molecule has 1 heterocycles. The summed E-state index contributed by atoms with van der Waals surface area (Å²) in [5.74, 6) is 1.38. The van der Waals surface area contributed by atoms with Gasteiger partial charge in [-0.15, -0.1) is 0 Å². The molecule has 4 nitrogen and oxygen atoms in total. The van der Waals surface area contributed by atoms with Crippen LogP contribution in [0.25, 0.3) is 0 Å². The molecule has 0 aromatic carbocycles. The van der Waals surface area contributed by atoms with Crippen LogP contribution < -0.4 is 0 Å². The Bertz CT molecular complexity index is 339. The number of aromatic nitrogens is 3. The molecule has 2 N–H and O–H groups in total. The third-order valence-corrected chi connectivity index (χ3v) is 2.96. The van der Waals surface area contributed by atoms with Gasteiger partial charge in [0.1, 0.15) is 6.61 Å². The van der Waals surface area contributed by atoms with E-state index in [1.54, 1.807) is 0 Å². The smallest absolute Gasteiger partial charge is 0.195 e. The second-order valence-corrected chi connectivity index (χ2v) is 3.90. The van der Waals surface area contributed by atoms with Crippen LogP contribution in [0.5, 0.6) is 0 Å². The fourth-order valence-corrected chi connectivity index (χ4v) is 1.82. The summed E-state index contributed by atoms with van der Waals surface area (Å²) in [6, 6.07) is 0. The molecule has 1 aliphatic rings. The molecular formula is C8H13N3OS. The van der Waals surface area contributed by atoms with E-state index in [4.69, 9.17) is 17.3 Å². The van der Waals surface area contributed by atoms with Crippen LogP contribution in [-0.4, -0.2) is 19.9 Å². The lowest BCUT2D eigenvalue weighted by molar-refractivity contribution is 0.241. The predicted octanol–water partition coefficient (Wildman–Crippen LogP) is 1.23. The van der Waals surface area contributed by atoms with E-state index in [9.17, 15) is 0 Å². The van der Waals surface area contributed by atoms with Gasteiger partial charge in [0.05, 0.1) is 0 Å². The van der Waals surface area contributed by atoms with Crippen LogP contribution in [0.15, 0.2) is 0 Å². The van der Waals surface area contributed by atoms with Gasteiger partial charge in [-0.25, -0.2) is 0 Å². The maximum absolute atomic E-state index is 8.99. The summed E-state index contributed by atoms with van der Waals surface area (Å²) in [6.07, 6.45) is 3.87. The Kier molecular flexibility index (Phi) is 2.46. The van der Waals surface area contributed by atoms with Crippen molar-refractivity contribution in [2.45, 2.75) is 32.4 Å². The third kappa shape index (κ3) is 1.66. The quantitative estimate of drug-likeness (QED) is 0.720. The van der Waals surface area contributed by atoms with Crippen molar-refractivity contribution < 1.29 is 5.11 Å². The summed E-state index contributed by atoms with van der Waals surface area (Å²) < 4.78 is 2.52. The van der Waals surface area contributed by atoms with E-state index >= 15 is 0 Å². The van der Waals surface area contributed by atoms with Crippen LogP contribution in [-0.2, 0) is 13.2 Å². The molecule has 5 heteroatoms. The zero-order valence-electron chi connectivity index (χ0n) is 7.36. The summed E-state index contributed by atoms with van der Waals surface area (Å²) in [4.78, 5) is 0. The summed E-state index contributed by atoms with van der Waals surface area (Å²) in [7, 11) is 0. The molecule has 1 fully saturated rings. The first-order chi connectivity index (χ1) is 6.31. The molecule has 1 saturated carbocycles. The van der Waals surface area contributed by atoms with Gasteiger partial charge in [0.15, 0.2) is 10.6 Å². The number of H-pyrrole nitrogens is 1. The van der Waals surface area contributed by atoms with Crippen LogP contribution in [0.1, 0.15) is 25.1 Å². The monoisotopic (exact) mass is 199 g/mol. The van der Waals surface area contributed by atoms with Gasteiger partial charge < -0.3 is 9.67 Å². The molecule has 0 atom stereocenters. The normalized spacial score (nSPS) is 17.3. The molecule has 0 unspecified atom stereocenters. The zero-order valence-corrected chi connectivity index (χ0v) is 8.18. The SMILES string of the molecule is OCc1n[nH]c(=S)n1CC1CCC1. The third-order valence-electron chi connectivity index (χ3n) is 2.64. The van der Waals surface area contributed by atoms with Crippen molar-refractivity contribution >= 4 is 12.2 Å². The van der Waals surface area contributed by atoms with Gasteiger partial charge in [0, 0.05) is 6.54 Å². The predicted molar refractivity (Wildman–Crippen MR) is 50.7 cm³/mol. The van der Waals surface area contributed by atoms with E-state index in [1.165, 1.54) is 19.3 Å². The van der Waals surface area contributed by atoms with Crippen molar-refractivity contribution in [3.63, 3.8) is 0 Å². The molecule has 1 aliphatic carbocycles. The van der Waals surface area contributed by atoms with Crippen LogP contribution in [0.4, 0.5) is 0 Å². The molecule has 0 amide bonds. The van der Waals surface area contributed by atoms with Crippen LogP contribution >= 0.6 is 12.2 Å². The maximum atomic E-state index is 8.99. The highest BCUT2D eigenvalue weighted by molar-refractivity contribution is 7.71. The molecular weight excluding hydrogens is 186 g/mol. The van der Waals surface area contributed by atoms with Crippen molar-refractivity contribution in [2.75, 3.05) is 0 Å². The van der Waals surface area contributed by atoms with E-state index in [1.807, 2.05) is 4.57 Å². The maximum Gasteiger partial charge on any atom is 0.195 e. The highest BCUT2D eigenvalue weighted by atomic mass is 32.1. The highest BCUT2D eigenvalue weighted by Crippen LogP contribution is 2.28. The van der Waals surface area contributed by atoms with Gasteiger partial charge in [-0.2, -0.15) is 5.10 Å². The molecule has 13 heavy (non-hydrogen) atoms. The first-order valence-corrected chi connectivity index (χ1v) is 4.97. The zero-order chi connectivity index (χ0) is 9.26. The Balaban J connectivity index is 2.16. The number of aliphatic hydroxyl groups excluding tert-OH is 1. The van der Waals surface area contributed by atoms with Crippen LogP contribution in [0, 0.1) is 10.7 Å². The fourth-order valence-electron chi connectivity index (χ4n) is 1.59. The molecule has 72 valence electrons. The van der Waals surface area contributed by atoms with Crippen molar-refractivity contribution in [3.05, 3.63) is 10.6 Å². The number of aromatic amines is 1. The van der Waals surface area contributed by atoms with Gasteiger partial charge in [0.25, 0.3) is 0 Å². The van der Waals surface area contributed by atoms with E-state index < -0.39 is 0 Å². The second-order valence-electron chi connectivity index (χ2n) is 3.51. The number of nitrogens with one attached hydrogen (secondary N) is 1. The minimum atomic E-state index is -0.0418.